The van der Waals surface area contributed by atoms with Gasteiger partial charge in [-0.3, -0.25) is 0 Å². The van der Waals surface area contributed by atoms with Crippen LogP contribution < -0.4 is 5.73 Å². The van der Waals surface area contributed by atoms with Crippen molar-refractivity contribution < 1.29 is 0 Å². The number of rotatable bonds is 0. The first kappa shape index (κ1) is 13.2. The lowest BCUT2D eigenvalue weighted by atomic mass is 10.3. The number of nitrogens with two attached hydrogens (primary N) is 1. The van der Waals surface area contributed by atoms with E-state index in [1.54, 1.807) is 0 Å². The van der Waals surface area contributed by atoms with Gasteiger partial charge in [0.2, 0.25) is 0 Å². The second-order valence-corrected chi connectivity index (χ2v) is 3.08. The van der Waals surface area contributed by atoms with Crippen LogP contribution in [0.1, 0.15) is 13.8 Å². The summed E-state index contributed by atoms with van der Waals surface area (Å²) in [6.07, 6.45) is 1.47. The van der Waals surface area contributed by atoms with Gasteiger partial charge in [-0.15, -0.1) is 11.6 Å². The van der Waals surface area contributed by atoms with Crippen molar-refractivity contribution in [3.63, 3.8) is 0 Å². The monoisotopic (exact) mass is 230 g/mol. The number of hydrogen-bond acceptors (Lipinski definition) is 3. The molecule has 2 nitrogen and oxygen atoms in total. The van der Waals surface area contributed by atoms with E-state index in [2.05, 4.69) is 16.6 Å². The summed E-state index contributed by atoms with van der Waals surface area (Å²) in [6, 6.07) is 7.92. The first-order valence-corrected chi connectivity index (χ1v) is 5.92. The Morgan fingerprint density at radius 3 is 2.36 bits per heavy atom. The van der Waals surface area contributed by atoms with Gasteiger partial charge in [-0.25, -0.2) is 4.98 Å². The highest BCUT2D eigenvalue weighted by molar-refractivity contribution is 7.22. The van der Waals surface area contributed by atoms with Crippen molar-refractivity contribution >= 4 is 38.3 Å². The number of para-hydroxylation sites is 1. The average Bonchev–Trinajstić information content (AvgIpc) is 2.64. The number of alkyl halides is 1. The minimum atomic E-state index is 0.640. The van der Waals surface area contributed by atoms with Crippen molar-refractivity contribution in [3.8, 4) is 0 Å². The first-order valence-electron chi connectivity index (χ1n) is 4.35. The predicted octanol–water partition coefficient (Wildman–Crippen LogP) is 3.76. The van der Waals surface area contributed by atoms with Crippen LogP contribution >= 0.6 is 22.9 Å². The number of nitrogens with zero attached hydrogens (tertiary/aromatic N) is 1. The van der Waals surface area contributed by atoms with Crippen LogP contribution in [-0.4, -0.2) is 11.4 Å². The molecule has 1 aromatic carbocycles. The summed E-state index contributed by atoms with van der Waals surface area (Å²) >= 11 is 6.16. The molecule has 0 aliphatic carbocycles. The van der Waals surface area contributed by atoms with Crippen molar-refractivity contribution in [1.29, 1.82) is 0 Å². The number of nitrogen functional groups attached to an aromatic ring is 1. The molecule has 0 saturated heterocycles. The molecule has 0 aliphatic rings. The van der Waals surface area contributed by atoms with Crippen molar-refractivity contribution in [2.24, 2.45) is 0 Å². The third kappa shape index (κ3) is 3.52. The van der Waals surface area contributed by atoms with E-state index < -0.39 is 0 Å². The fraction of sp³-hybridized carbons (Fsp3) is 0.300. The van der Waals surface area contributed by atoms with Gasteiger partial charge in [0, 0.05) is 6.38 Å². The standard InChI is InChI=1S/C7H6N2S.C2H6.CH3Cl/c8-7-9-5-3-1-2-4-6(5)10-7;2*1-2/h1-4H,(H2,8,9);1-2H3;1H3. The Hall–Kier alpha value is -0.800. The Labute approximate surface area is 93.7 Å². The van der Waals surface area contributed by atoms with Gasteiger partial charge >= 0.3 is 0 Å². The number of thiazole rings is 1. The second-order valence-electron chi connectivity index (χ2n) is 2.02. The van der Waals surface area contributed by atoms with Crippen LogP contribution in [-0.2, 0) is 0 Å². The van der Waals surface area contributed by atoms with Crippen LogP contribution in [0, 0.1) is 0 Å². The van der Waals surface area contributed by atoms with Gasteiger partial charge in [0.25, 0.3) is 0 Å². The fourth-order valence-corrected chi connectivity index (χ4v) is 1.62. The third-order valence-electron chi connectivity index (χ3n) is 1.31. The van der Waals surface area contributed by atoms with Crippen molar-refractivity contribution in [1.82, 2.24) is 4.98 Å². The molecule has 4 heteroatoms. The molecule has 0 unspecified atom stereocenters. The lowest BCUT2D eigenvalue weighted by molar-refractivity contribution is 1.50. The van der Waals surface area contributed by atoms with E-state index in [4.69, 9.17) is 5.73 Å². The maximum absolute atomic E-state index is 5.50. The Morgan fingerprint density at radius 2 is 1.79 bits per heavy atom. The lowest BCUT2D eigenvalue weighted by Gasteiger charge is -1.80. The van der Waals surface area contributed by atoms with Crippen LogP contribution in [0.3, 0.4) is 0 Å². The summed E-state index contributed by atoms with van der Waals surface area (Å²) in [6.45, 7) is 4.00. The average molecular weight is 231 g/mol. The molecule has 1 aromatic heterocycles. The SMILES string of the molecule is CC.CCl.Nc1nc2ccccc2s1. The Morgan fingerprint density at radius 1 is 1.21 bits per heavy atom. The van der Waals surface area contributed by atoms with Crippen LogP contribution in [0.4, 0.5) is 5.13 Å². The summed E-state index contributed by atoms with van der Waals surface area (Å²) in [5.41, 5.74) is 6.49. The smallest absolute Gasteiger partial charge is 0.181 e. The maximum Gasteiger partial charge on any atom is 0.181 e. The molecule has 2 aromatic rings. The number of aromatic nitrogens is 1. The van der Waals surface area contributed by atoms with E-state index in [-0.39, 0.29) is 0 Å². The Bertz CT molecular complexity index is 327. The lowest BCUT2D eigenvalue weighted by Crippen LogP contribution is -1.78. The highest BCUT2D eigenvalue weighted by atomic mass is 35.5. The first-order chi connectivity index (χ1) is 6.86. The summed E-state index contributed by atoms with van der Waals surface area (Å²) in [4.78, 5) is 4.11. The second kappa shape index (κ2) is 7.59. The van der Waals surface area contributed by atoms with Gasteiger partial charge in [0.1, 0.15) is 0 Å². The van der Waals surface area contributed by atoms with Gasteiger partial charge in [-0.2, -0.15) is 0 Å². The maximum atomic E-state index is 5.50. The highest BCUT2D eigenvalue weighted by Crippen LogP contribution is 2.22. The van der Waals surface area contributed by atoms with Crippen molar-refractivity contribution in [3.05, 3.63) is 24.3 Å². The van der Waals surface area contributed by atoms with E-state index in [0.717, 1.165) is 10.2 Å². The summed E-state index contributed by atoms with van der Waals surface area (Å²) in [5, 5.41) is 0.640. The number of hydrogen-bond donors (Lipinski definition) is 1. The third-order valence-corrected chi connectivity index (χ3v) is 2.18. The van der Waals surface area contributed by atoms with E-state index in [0.29, 0.717) is 5.13 Å². The molecule has 0 radical (unpaired) electrons. The Balaban J connectivity index is 0.000000379. The van der Waals surface area contributed by atoms with Crippen LogP contribution in [0.25, 0.3) is 10.2 Å². The molecular weight excluding hydrogens is 216 g/mol. The van der Waals surface area contributed by atoms with E-state index in [1.807, 2.05) is 38.1 Å². The summed E-state index contributed by atoms with van der Waals surface area (Å²) in [7, 11) is 0. The zero-order valence-corrected chi connectivity index (χ0v) is 10.2. The molecule has 0 bridgehead atoms. The minimum Gasteiger partial charge on any atom is -0.375 e. The molecule has 0 amide bonds. The quantitative estimate of drug-likeness (QED) is 0.700. The van der Waals surface area contributed by atoms with Crippen LogP contribution in [0.15, 0.2) is 24.3 Å². The zero-order valence-electron chi connectivity index (χ0n) is 8.62. The fourth-order valence-electron chi connectivity index (χ4n) is 0.890. The molecule has 0 saturated carbocycles. The number of anilines is 1. The molecule has 14 heavy (non-hydrogen) atoms. The van der Waals surface area contributed by atoms with E-state index >= 15 is 0 Å². The van der Waals surface area contributed by atoms with E-state index in [9.17, 15) is 0 Å². The highest BCUT2D eigenvalue weighted by Gasteiger charge is 1.96. The minimum absolute atomic E-state index is 0.640. The topological polar surface area (TPSA) is 38.9 Å². The molecule has 0 aliphatic heterocycles. The molecule has 78 valence electrons. The number of fused-ring (bicyclic) bond motifs is 1. The van der Waals surface area contributed by atoms with Crippen molar-refractivity contribution in [2.75, 3.05) is 12.1 Å². The van der Waals surface area contributed by atoms with Gasteiger partial charge in [-0.05, 0) is 12.1 Å². The number of halogens is 1. The predicted molar refractivity (Wildman–Crippen MR) is 67.2 cm³/mol. The summed E-state index contributed by atoms with van der Waals surface area (Å²) in [5.74, 6) is 0. The molecule has 0 spiro atoms. The molecule has 1 heterocycles. The molecule has 0 fully saturated rings. The number of benzene rings is 1. The summed E-state index contributed by atoms with van der Waals surface area (Å²) < 4.78 is 1.15. The van der Waals surface area contributed by atoms with Gasteiger partial charge in [0.15, 0.2) is 5.13 Å². The van der Waals surface area contributed by atoms with Crippen LogP contribution in [0.5, 0.6) is 0 Å². The van der Waals surface area contributed by atoms with Crippen LogP contribution in [0.2, 0.25) is 0 Å². The zero-order chi connectivity index (χ0) is 11.0. The van der Waals surface area contributed by atoms with Gasteiger partial charge in [0.05, 0.1) is 10.2 Å². The molecule has 2 rings (SSSR count). The molecule has 0 atom stereocenters. The normalized spacial score (nSPS) is 8.29. The van der Waals surface area contributed by atoms with Gasteiger partial charge in [-0.1, -0.05) is 37.3 Å². The molecular formula is C10H15ClN2S. The van der Waals surface area contributed by atoms with E-state index in [1.165, 1.54) is 17.7 Å². The van der Waals surface area contributed by atoms with Gasteiger partial charge < -0.3 is 5.73 Å². The van der Waals surface area contributed by atoms with Crippen molar-refractivity contribution in [2.45, 2.75) is 13.8 Å². The molecule has 2 N–H and O–H groups in total. The largest absolute Gasteiger partial charge is 0.375 e. The Kier molecular flexibility index (Phi) is 7.16.